The van der Waals surface area contributed by atoms with E-state index in [2.05, 4.69) is 15.3 Å². The molecule has 6 nitrogen and oxygen atoms in total. The lowest BCUT2D eigenvalue weighted by atomic mass is 10.1. The van der Waals surface area contributed by atoms with Gasteiger partial charge in [0.1, 0.15) is 15.4 Å². The van der Waals surface area contributed by atoms with Gasteiger partial charge in [0.15, 0.2) is 0 Å². The molecule has 7 heteroatoms. The van der Waals surface area contributed by atoms with E-state index in [4.69, 9.17) is 0 Å². The molecule has 5 rings (SSSR count). The molecular weight excluding hydrogens is 420 g/mol. The minimum atomic E-state index is -0.390. The summed E-state index contributed by atoms with van der Waals surface area (Å²) < 4.78 is 0. The van der Waals surface area contributed by atoms with Crippen LogP contribution in [0.15, 0.2) is 60.8 Å². The van der Waals surface area contributed by atoms with Crippen molar-refractivity contribution in [2.75, 3.05) is 16.8 Å². The lowest BCUT2D eigenvalue weighted by molar-refractivity contribution is -0.122. The first-order valence-corrected chi connectivity index (χ1v) is 11.3. The van der Waals surface area contributed by atoms with Crippen molar-refractivity contribution in [1.82, 2.24) is 9.97 Å². The van der Waals surface area contributed by atoms with Crippen molar-refractivity contribution in [3.63, 3.8) is 0 Å². The number of fused-ring (bicyclic) bond motifs is 1. The third-order valence-corrected chi connectivity index (χ3v) is 6.78. The van der Waals surface area contributed by atoms with Gasteiger partial charge in [-0.3, -0.25) is 9.59 Å². The summed E-state index contributed by atoms with van der Waals surface area (Å²) in [5.74, 6) is -0.556. The maximum atomic E-state index is 13.0. The zero-order valence-electron chi connectivity index (χ0n) is 17.8. The summed E-state index contributed by atoms with van der Waals surface area (Å²) in [6.45, 7) is 4.35. The summed E-state index contributed by atoms with van der Waals surface area (Å²) in [5, 5.41) is 3.90. The number of hydrogen-bond donors (Lipinski definition) is 1. The van der Waals surface area contributed by atoms with Crippen molar-refractivity contribution < 1.29 is 9.59 Å². The topological polar surface area (TPSA) is 75.2 Å². The Morgan fingerprint density at radius 2 is 1.94 bits per heavy atom. The van der Waals surface area contributed by atoms with E-state index in [0.717, 1.165) is 43.4 Å². The third kappa shape index (κ3) is 3.87. The molecule has 1 fully saturated rings. The number of carbonyl (C=O) groups excluding carboxylic acids is 2. The second-order valence-electron chi connectivity index (χ2n) is 8.11. The van der Waals surface area contributed by atoms with Crippen LogP contribution in [0.5, 0.6) is 0 Å². The number of anilines is 2. The van der Waals surface area contributed by atoms with E-state index in [-0.39, 0.29) is 18.2 Å². The monoisotopic (exact) mass is 442 g/mol. The highest BCUT2D eigenvalue weighted by molar-refractivity contribution is 7.21. The smallest absolute Gasteiger partial charge is 0.229 e. The standard InChI is InChI=1S/C25H22N4O2S/c1-15-5-9-19(10-6-15)29-14-18(13-22(29)30)23(31)27-21-12-17(8-7-16(21)2)24-28-20-4-3-11-26-25(20)32-24/h3-12,18H,13-14H2,1-2H3,(H,27,31). The van der Waals surface area contributed by atoms with Crippen molar-refractivity contribution in [3.05, 3.63) is 71.9 Å². The van der Waals surface area contributed by atoms with E-state index in [1.165, 1.54) is 11.3 Å². The second-order valence-corrected chi connectivity index (χ2v) is 9.08. The van der Waals surface area contributed by atoms with Gasteiger partial charge >= 0.3 is 0 Å². The molecule has 4 aromatic rings. The molecule has 2 aromatic heterocycles. The van der Waals surface area contributed by atoms with Crippen LogP contribution in [-0.4, -0.2) is 28.3 Å². The first-order valence-electron chi connectivity index (χ1n) is 10.5. The summed E-state index contributed by atoms with van der Waals surface area (Å²) >= 11 is 1.52. The van der Waals surface area contributed by atoms with Gasteiger partial charge in [0.05, 0.1) is 5.92 Å². The molecule has 1 aliphatic rings. The average molecular weight is 443 g/mol. The SMILES string of the molecule is Cc1ccc(N2CC(C(=O)Nc3cc(-c4nc5cccnc5s4)ccc3C)CC2=O)cc1. The number of benzene rings is 2. The Balaban J connectivity index is 1.34. The summed E-state index contributed by atoms with van der Waals surface area (Å²) in [7, 11) is 0. The number of rotatable bonds is 4. The van der Waals surface area contributed by atoms with E-state index >= 15 is 0 Å². The van der Waals surface area contributed by atoms with Crippen LogP contribution in [0.1, 0.15) is 17.5 Å². The van der Waals surface area contributed by atoms with Gasteiger partial charge in [-0.15, -0.1) is 0 Å². The third-order valence-electron chi connectivity index (χ3n) is 5.75. The Morgan fingerprint density at radius 1 is 1.12 bits per heavy atom. The fourth-order valence-corrected chi connectivity index (χ4v) is 4.78. The van der Waals surface area contributed by atoms with Gasteiger partial charge in [0.2, 0.25) is 11.8 Å². The zero-order chi connectivity index (χ0) is 22.2. The number of aromatic nitrogens is 2. The molecule has 0 bridgehead atoms. The minimum absolute atomic E-state index is 0.0264. The van der Waals surface area contributed by atoms with Crippen molar-refractivity contribution >= 4 is 44.9 Å². The molecule has 32 heavy (non-hydrogen) atoms. The molecule has 1 aliphatic heterocycles. The highest BCUT2D eigenvalue weighted by Crippen LogP contribution is 2.32. The van der Waals surface area contributed by atoms with Crippen molar-refractivity contribution in [1.29, 1.82) is 0 Å². The van der Waals surface area contributed by atoms with Crippen LogP contribution in [0, 0.1) is 19.8 Å². The fourth-order valence-electron chi connectivity index (χ4n) is 3.88. The molecule has 1 unspecified atom stereocenters. The van der Waals surface area contributed by atoms with E-state index in [1.54, 1.807) is 11.1 Å². The zero-order valence-corrected chi connectivity index (χ0v) is 18.6. The van der Waals surface area contributed by atoms with Crippen LogP contribution in [-0.2, 0) is 9.59 Å². The molecule has 0 radical (unpaired) electrons. The predicted octanol–water partition coefficient (Wildman–Crippen LogP) is 4.97. The fraction of sp³-hybridized carbons (Fsp3) is 0.200. The Labute approximate surface area is 189 Å². The number of amides is 2. The minimum Gasteiger partial charge on any atom is -0.326 e. The van der Waals surface area contributed by atoms with Crippen LogP contribution >= 0.6 is 11.3 Å². The van der Waals surface area contributed by atoms with Crippen LogP contribution < -0.4 is 10.2 Å². The van der Waals surface area contributed by atoms with E-state index in [9.17, 15) is 9.59 Å². The van der Waals surface area contributed by atoms with Gasteiger partial charge in [-0.2, -0.15) is 0 Å². The largest absolute Gasteiger partial charge is 0.326 e. The summed E-state index contributed by atoms with van der Waals surface area (Å²) in [6, 6.07) is 17.5. The lowest BCUT2D eigenvalue weighted by Gasteiger charge is -2.17. The predicted molar refractivity (Wildman–Crippen MR) is 128 cm³/mol. The highest BCUT2D eigenvalue weighted by atomic mass is 32.1. The number of pyridine rings is 1. The Bertz CT molecular complexity index is 1300. The maximum absolute atomic E-state index is 13.0. The van der Waals surface area contributed by atoms with Crippen LogP contribution in [0.2, 0.25) is 0 Å². The summed E-state index contributed by atoms with van der Waals surface area (Å²) in [4.78, 5) is 37.2. The first-order chi connectivity index (χ1) is 15.5. The van der Waals surface area contributed by atoms with Gasteiger partial charge in [0, 0.05) is 36.1 Å². The summed E-state index contributed by atoms with van der Waals surface area (Å²) in [6.07, 6.45) is 1.97. The number of hydrogen-bond acceptors (Lipinski definition) is 5. The summed E-state index contributed by atoms with van der Waals surface area (Å²) in [5.41, 5.74) is 5.45. The first kappa shape index (κ1) is 20.3. The number of aryl methyl sites for hydroxylation is 2. The van der Waals surface area contributed by atoms with Gasteiger partial charge in [-0.05, 0) is 49.7 Å². The van der Waals surface area contributed by atoms with E-state index in [0.29, 0.717) is 6.54 Å². The average Bonchev–Trinajstić information content (AvgIpc) is 3.39. The molecule has 160 valence electrons. The quantitative estimate of drug-likeness (QED) is 0.484. The van der Waals surface area contributed by atoms with Gasteiger partial charge in [0.25, 0.3) is 0 Å². The number of nitrogens with zero attached hydrogens (tertiary/aromatic N) is 3. The molecule has 2 aromatic carbocycles. The molecule has 3 heterocycles. The van der Waals surface area contributed by atoms with Gasteiger partial charge in [-0.25, -0.2) is 9.97 Å². The molecular formula is C25H22N4O2S. The molecule has 1 atom stereocenters. The molecule has 1 saturated heterocycles. The molecule has 0 spiro atoms. The van der Waals surface area contributed by atoms with Crippen LogP contribution in [0.4, 0.5) is 11.4 Å². The maximum Gasteiger partial charge on any atom is 0.229 e. The normalized spacial score (nSPS) is 16.0. The van der Waals surface area contributed by atoms with E-state index < -0.39 is 5.92 Å². The van der Waals surface area contributed by atoms with Gasteiger partial charge in [-0.1, -0.05) is 41.2 Å². The van der Waals surface area contributed by atoms with Gasteiger partial charge < -0.3 is 10.2 Å². The molecule has 2 amide bonds. The van der Waals surface area contributed by atoms with Crippen LogP contribution in [0.25, 0.3) is 20.9 Å². The molecule has 0 saturated carbocycles. The molecule has 1 N–H and O–H groups in total. The van der Waals surface area contributed by atoms with Crippen molar-refractivity contribution in [3.8, 4) is 10.6 Å². The Morgan fingerprint density at radius 3 is 2.72 bits per heavy atom. The lowest BCUT2D eigenvalue weighted by Crippen LogP contribution is -2.28. The van der Waals surface area contributed by atoms with Crippen molar-refractivity contribution in [2.45, 2.75) is 20.3 Å². The Kier molecular flexibility index (Phi) is 5.19. The van der Waals surface area contributed by atoms with E-state index in [1.807, 2.05) is 68.4 Å². The number of carbonyl (C=O) groups is 2. The second kappa shape index (κ2) is 8.16. The van der Waals surface area contributed by atoms with Crippen molar-refractivity contribution in [2.24, 2.45) is 5.92 Å². The van der Waals surface area contributed by atoms with Crippen LogP contribution in [0.3, 0.4) is 0 Å². The highest BCUT2D eigenvalue weighted by Gasteiger charge is 2.35. The molecule has 0 aliphatic carbocycles. The number of thiazole rings is 1. The number of nitrogens with one attached hydrogen (secondary N) is 1. The Hall–Kier alpha value is -3.58.